The van der Waals surface area contributed by atoms with Gasteiger partial charge < -0.3 is 10.2 Å². The third kappa shape index (κ3) is 8.68. The first-order valence-electron chi connectivity index (χ1n) is 7.26. The Morgan fingerprint density at radius 2 is 1.79 bits per heavy atom. The highest BCUT2D eigenvalue weighted by molar-refractivity contribution is 14.0. The zero-order valence-corrected chi connectivity index (χ0v) is 15.9. The first-order valence-corrected chi connectivity index (χ1v) is 7.26. The van der Waals surface area contributed by atoms with E-state index >= 15 is 0 Å². The van der Waals surface area contributed by atoms with Gasteiger partial charge in [0.1, 0.15) is 0 Å². The SMILES string of the molecule is CCCCN(C)C(=NC)NCC(C)N(CC)CC.I. The molecule has 0 aromatic carbocycles. The zero-order valence-electron chi connectivity index (χ0n) is 13.6. The van der Waals surface area contributed by atoms with Crippen molar-refractivity contribution in [2.75, 3.05) is 40.3 Å². The number of rotatable bonds is 8. The van der Waals surface area contributed by atoms with E-state index < -0.39 is 0 Å². The van der Waals surface area contributed by atoms with Gasteiger partial charge in [-0.25, -0.2) is 0 Å². The Morgan fingerprint density at radius 1 is 1.21 bits per heavy atom. The van der Waals surface area contributed by atoms with Gasteiger partial charge in [-0.2, -0.15) is 0 Å². The summed E-state index contributed by atoms with van der Waals surface area (Å²) in [6.45, 7) is 13.1. The van der Waals surface area contributed by atoms with Crippen LogP contribution in [0.4, 0.5) is 0 Å². The largest absolute Gasteiger partial charge is 0.355 e. The third-order valence-corrected chi connectivity index (χ3v) is 3.41. The molecule has 0 spiro atoms. The second kappa shape index (κ2) is 13.0. The minimum atomic E-state index is 0. The smallest absolute Gasteiger partial charge is 0.193 e. The topological polar surface area (TPSA) is 30.9 Å². The predicted molar refractivity (Wildman–Crippen MR) is 96.7 cm³/mol. The molecule has 0 amide bonds. The van der Waals surface area contributed by atoms with Gasteiger partial charge in [-0.1, -0.05) is 27.2 Å². The number of hydrogen-bond acceptors (Lipinski definition) is 2. The number of guanidine groups is 1. The first kappa shape index (κ1) is 21.3. The first-order chi connectivity index (χ1) is 8.60. The molecular formula is C14H33IN4. The summed E-state index contributed by atoms with van der Waals surface area (Å²) in [4.78, 5) is 8.99. The molecule has 4 nitrogen and oxygen atoms in total. The summed E-state index contributed by atoms with van der Waals surface area (Å²) >= 11 is 0. The quantitative estimate of drug-likeness (QED) is 0.397. The molecule has 1 unspecified atom stereocenters. The Kier molecular flexibility index (Phi) is 14.5. The molecule has 0 radical (unpaired) electrons. The second-order valence-electron chi connectivity index (χ2n) is 4.77. The van der Waals surface area contributed by atoms with Crippen LogP contribution in [0, 0.1) is 0 Å². The molecule has 0 saturated heterocycles. The van der Waals surface area contributed by atoms with Crippen molar-refractivity contribution in [1.82, 2.24) is 15.1 Å². The van der Waals surface area contributed by atoms with Crippen molar-refractivity contribution in [2.24, 2.45) is 4.99 Å². The van der Waals surface area contributed by atoms with Gasteiger partial charge in [0.2, 0.25) is 0 Å². The Bertz CT molecular complexity index is 229. The molecule has 116 valence electrons. The highest BCUT2D eigenvalue weighted by atomic mass is 127. The van der Waals surface area contributed by atoms with E-state index in [1.54, 1.807) is 0 Å². The minimum absolute atomic E-state index is 0. The van der Waals surface area contributed by atoms with Gasteiger partial charge in [-0.15, -0.1) is 24.0 Å². The maximum absolute atomic E-state index is 4.34. The zero-order chi connectivity index (χ0) is 14.0. The molecule has 19 heavy (non-hydrogen) atoms. The van der Waals surface area contributed by atoms with Gasteiger partial charge in [-0.05, 0) is 26.4 Å². The second-order valence-corrected chi connectivity index (χ2v) is 4.77. The molecule has 0 aliphatic carbocycles. The highest BCUT2D eigenvalue weighted by Crippen LogP contribution is 1.98. The summed E-state index contributed by atoms with van der Waals surface area (Å²) in [6.07, 6.45) is 2.43. The number of likely N-dealkylation sites (N-methyl/N-ethyl adjacent to an activating group) is 1. The van der Waals surface area contributed by atoms with Crippen molar-refractivity contribution in [2.45, 2.75) is 46.6 Å². The van der Waals surface area contributed by atoms with Gasteiger partial charge in [0, 0.05) is 33.2 Å². The molecule has 0 heterocycles. The van der Waals surface area contributed by atoms with E-state index in [1.807, 2.05) is 7.05 Å². The fourth-order valence-corrected chi connectivity index (χ4v) is 2.10. The summed E-state index contributed by atoms with van der Waals surface area (Å²) in [6, 6.07) is 0.538. The summed E-state index contributed by atoms with van der Waals surface area (Å²) in [7, 11) is 3.96. The van der Waals surface area contributed by atoms with Crippen LogP contribution in [0.25, 0.3) is 0 Å². The fraction of sp³-hybridized carbons (Fsp3) is 0.929. The monoisotopic (exact) mass is 384 g/mol. The Balaban J connectivity index is 0. The van der Waals surface area contributed by atoms with Gasteiger partial charge in [-0.3, -0.25) is 9.89 Å². The molecular weight excluding hydrogens is 351 g/mol. The third-order valence-electron chi connectivity index (χ3n) is 3.41. The molecule has 0 aliphatic rings. The van der Waals surface area contributed by atoms with E-state index in [2.05, 4.69) is 54.9 Å². The molecule has 1 N–H and O–H groups in total. The van der Waals surface area contributed by atoms with Crippen LogP contribution in [0.15, 0.2) is 4.99 Å². The normalized spacial score (nSPS) is 13.1. The van der Waals surface area contributed by atoms with E-state index in [1.165, 1.54) is 12.8 Å². The lowest BCUT2D eigenvalue weighted by molar-refractivity contribution is 0.230. The van der Waals surface area contributed by atoms with Crippen LogP contribution in [0.2, 0.25) is 0 Å². The molecule has 0 aromatic heterocycles. The lowest BCUT2D eigenvalue weighted by atomic mass is 10.3. The number of nitrogens with one attached hydrogen (secondary N) is 1. The number of hydrogen-bond donors (Lipinski definition) is 1. The maximum atomic E-state index is 4.34. The molecule has 0 aromatic rings. The van der Waals surface area contributed by atoms with E-state index in [-0.39, 0.29) is 24.0 Å². The van der Waals surface area contributed by atoms with Crippen LogP contribution in [0.5, 0.6) is 0 Å². The van der Waals surface area contributed by atoms with E-state index in [0.29, 0.717) is 6.04 Å². The molecule has 0 saturated carbocycles. The summed E-state index contributed by atoms with van der Waals surface area (Å²) in [5.41, 5.74) is 0. The molecule has 0 fully saturated rings. The van der Waals surface area contributed by atoms with Gasteiger partial charge in [0.05, 0.1) is 0 Å². The average Bonchev–Trinajstić information content (AvgIpc) is 2.38. The molecule has 0 bridgehead atoms. The summed E-state index contributed by atoms with van der Waals surface area (Å²) in [5, 5.41) is 3.46. The van der Waals surface area contributed by atoms with Crippen molar-refractivity contribution in [1.29, 1.82) is 0 Å². The van der Waals surface area contributed by atoms with Crippen molar-refractivity contribution < 1.29 is 0 Å². The number of halogens is 1. The van der Waals surface area contributed by atoms with E-state index in [4.69, 9.17) is 0 Å². The lowest BCUT2D eigenvalue weighted by Gasteiger charge is -2.29. The lowest BCUT2D eigenvalue weighted by Crippen LogP contribution is -2.46. The molecule has 0 aliphatic heterocycles. The predicted octanol–water partition coefficient (Wildman–Crippen LogP) is 2.64. The highest BCUT2D eigenvalue weighted by Gasteiger charge is 2.11. The van der Waals surface area contributed by atoms with Gasteiger partial charge >= 0.3 is 0 Å². The van der Waals surface area contributed by atoms with Gasteiger partial charge in [0.25, 0.3) is 0 Å². The van der Waals surface area contributed by atoms with Crippen molar-refractivity contribution in [3.63, 3.8) is 0 Å². The number of nitrogens with zero attached hydrogens (tertiary/aromatic N) is 3. The van der Waals surface area contributed by atoms with Crippen LogP contribution in [0.3, 0.4) is 0 Å². The number of unbranched alkanes of at least 4 members (excludes halogenated alkanes) is 1. The minimum Gasteiger partial charge on any atom is -0.355 e. The van der Waals surface area contributed by atoms with Crippen molar-refractivity contribution in [3.8, 4) is 0 Å². The standard InChI is InChI=1S/C14H32N4.HI/c1-7-10-11-17(6)14(15-5)16-12-13(4)18(8-2)9-3;/h13H,7-12H2,1-6H3,(H,15,16);1H. The van der Waals surface area contributed by atoms with Crippen LogP contribution in [0.1, 0.15) is 40.5 Å². The Hall–Kier alpha value is -0.0400. The summed E-state index contributed by atoms with van der Waals surface area (Å²) < 4.78 is 0. The van der Waals surface area contributed by atoms with Gasteiger partial charge in [0.15, 0.2) is 5.96 Å². The Morgan fingerprint density at radius 3 is 2.21 bits per heavy atom. The van der Waals surface area contributed by atoms with Crippen LogP contribution in [-0.2, 0) is 0 Å². The molecule has 1 atom stereocenters. The van der Waals surface area contributed by atoms with E-state index in [0.717, 1.165) is 32.1 Å². The average molecular weight is 384 g/mol. The Labute approximate surface area is 137 Å². The number of aliphatic imine (C=N–C) groups is 1. The van der Waals surface area contributed by atoms with Crippen LogP contribution < -0.4 is 5.32 Å². The summed E-state index contributed by atoms with van der Waals surface area (Å²) in [5.74, 6) is 1.00. The van der Waals surface area contributed by atoms with Crippen molar-refractivity contribution in [3.05, 3.63) is 0 Å². The van der Waals surface area contributed by atoms with Crippen LogP contribution in [-0.4, -0.2) is 62.1 Å². The fourth-order valence-electron chi connectivity index (χ4n) is 2.10. The van der Waals surface area contributed by atoms with Crippen LogP contribution >= 0.6 is 24.0 Å². The van der Waals surface area contributed by atoms with E-state index in [9.17, 15) is 0 Å². The molecule has 5 heteroatoms. The van der Waals surface area contributed by atoms with Crippen molar-refractivity contribution >= 4 is 29.9 Å². The molecule has 0 rings (SSSR count). The maximum Gasteiger partial charge on any atom is 0.193 e.